The van der Waals surface area contributed by atoms with Gasteiger partial charge in [-0.3, -0.25) is 0 Å². The maximum Gasteiger partial charge on any atom is 0.119 e. The Morgan fingerprint density at radius 1 is 1.22 bits per heavy atom. The van der Waals surface area contributed by atoms with Crippen molar-refractivity contribution in [3.63, 3.8) is 0 Å². The number of nitrogens with one attached hydrogen (secondary N) is 3. The van der Waals surface area contributed by atoms with Gasteiger partial charge < -0.3 is 15.7 Å². The van der Waals surface area contributed by atoms with Crippen molar-refractivity contribution in [2.45, 2.75) is 25.2 Å². The van der Waals surface area contributed by atoms with Crippen LogP contribution in [0.1, 0.15) is 18.1 Å². The zero-order valence-corrected chi connectivity index (χ0v) is 17.0. The standard InChI is InChI=1S/C21H29N3O2S/c1-16-9-12-19(15-21(16)25)27(4,26)24-14-13-23-17(2)10-11-18-7-5-6-8-20(18)22-3/h5-10,12,15,22-23,25H,4,11,13-14H2,1-3H3,(H,24,26)/b17-10+. The Balaban J connectivity index is 1.84. The number of hydrogen-bond acceptors (Lipinski definition) is 4. The summed E-state index contributed by atoms with van der Waals surface area (Å²) >= 11 is 0. The number of aromatic hydroxyl groups is 1. The number of hydrogen-bond donors (Lipinski definition) is 4. The first-order valence-electron chi connectivity index (χ1n) is 8.91. The lowest BCUT2D eigenvalue weighted by molar-refractivity contribution is 0.469. The van der Waals surface area contributed by atoms with Crippen molar-refractivity contribution in [1.29, 1.82) is 0 Å². The molecule has 0 aliphatic heterocycles. The topological polar surface area (TPSA) is 73.4 Å². The van der Waals surface area contributed by atoms with Crippen LogP contribution in [0.15, 0.2) is 59.1 Å². The Kier molecular flexibility index (Phi) is 7.33. The highest BCUT2D eigenvalue weighted by Gasteiger charge is 2.09. The first-order chi connectivity index (χ1) is 12.8. The summed E-state index contributed by atoms with van der Waals surface area (Å²) in [5.41, 5.74) is 4.17. The number of allylic oxidation sites excluding steroid dienone is 2. The second kappa shape index (κ2) is 9.48. The van der Waals surface area contributed by atoms with Crippen molar-refractivity contribution in [2.75, 3.05) is 25.5 Å². The third-order valence-corrected chi connectivity index (χ3v) is 6.03. The molecular weight excluding hydrogens is 358 g/mol. The van der Waals surface area contributed by atoms with Crippen molar-refractivity contribution in [2.24, 2.45) is 0 Å². The zero-order valence-electron chi connectivity index (χ0n) is 16.2. The fourth-order valence-corrected chi connectivity index (χ4v) is 3.82. The molecule has 0 bridgehead atoms. The van der Waals surface area contributed by atoms with E-state index in [4.69, 9.17) is 0 Å². The molecule has 0 amide bonds. The van der Waals surface area contributed by atoms with E-state index in [0.717, 1.165) is 23.4 Å². The average Bonchev–Trinajstić information content (AvgIpc) is 2.65. The fourth-order valence-electron chi connectivity index (χ4n) is 2.63. The van der Waals surface area contributed by atoms with Crippen molar-refractivity contribution in [1.82, 2.24) is 10.0 Å². The Bertz CT molecular complexity index is 905. The molecule has 0 aliphatic rings. The average molecular weight is 388 g/mol. The lowest BCUT2D eigenvalue weighted by Gasteiger charge is -2.14. The molecule has 5 nitrogen and oxygen atoms in total. The molecule has 27 heavy (non-hydrogen) atoms. The van der Waals surface area contributed by atoms with Gasteiger partial charge in [-0.2, -0.15) is 0 Å². The van der Waals surface area contributed by atoms with Gasteiger partial charge in [0.1, 0.15) is 5.75 Å². The van der Waals surface area contributed by atoms with Crippen LogP contribution in [-0.2, 0) is 16.1 Å². The summed E-state index contributed by atoms with van der Waals surface area (Å²) in [7, 11) is -0.719. The second-order valence-corrected chi connectivity index (χ2v) is 8.55. The van der Waals surface area contributed by atoms with Gasteiger partial charge in [-0.1, -0.05) is 30.3 Å². The molecule has 6 heteroatoms. The highest BCUT2D eigenvalue weighted by atomic mass is 32.2. The molecule has 0 fully saturated rings. The van der Waals surface area contributed by atoms with E-state index in [1.54, 1.807) is 19.1 Å². The molecule has 0 saturated heterocycles. The first-order valence-corrected chi connectivity index (χ1v) is 10.6. The fraction of sp³-hybridized carbons (Fsp3) is 0.286. The summed E-state index contributed by atoms with van der Waals surface area (Å²) in [4.78, 5) is 0.501. The van der Waals surface area contributed by atoms with Crippen LogP contribution in [-0.4, -0.2) is 35.3 Å². The smallest absolute Gasteiger partial charge is 0.119 e. The van der Waals surface area contributed by atoms with Gasteiger partial charge in [0.25, 0.3) is 0 Å². The van der Waals surface area contributed by atoms with Crippen LogP contribution >= 0.6 is 0 Å². The van der Waals surface area contributed by atoms with Crippen LogP contribution in [0.3, 0.4) is 0 Å². The summed E-state index contributed by atoms with van der Waals surface area (Å²) in [5, 5.41) is 16.3. The number of phenolic OH excluding ortho intramolecular Hbond substituents is 1. The normalized spacial score (nSPS) is 13.8. The minimum atomic E-state index is -2.64. The molecule has 0 aliphatic carbocycles. The SMILES string of the molecule is C=S(=O)(NCCN/C(C)=C/Cc1ccccc1NC)c1ccc(C)c(O)c1. The van der Waals surface area contributed by atoms with Gasteiger partial charge >= 0.3 is 0 Å². The van der Waals surface area contributed by atoms with Crippen molar-refractivity contribution >= 4 is 21.3 Å². The van der Waals surface area contributed by atoms with E-state index in [9.17, 15) is 9.32 Å². The molecular formula is C21H29N3O2S. The van der Waals surface area contributed by atoms with Gasteiger partial charge in [0.15, 0.2) is 0 Å². The molecule has 0 heterocycles. The third-order valence-electron chi connectivity index (χ3n) is 4.34. The molecule has 146 valence electrons. The monoisotopic (exact) mass is 387 g/mol. The minimum Gasteiger partial charge on any atom is -0.508 e. The number of benzene rings is 2. The highest BCUT2D eigenvalue weighted by molar-refractivity contribution is 7.98. The van der Waals surface area contributed by atoms with Crippen molar-refractivity contribution in [3.05, 3.63) is 65.4 Å². The molecule has 1 atom stereocenters. The third kappa shape index (κ3) is 6.05. The molecule has 2 rings (SSSR count). The van der Waals surface area contributed by atoms with Gasteiger partial charge in [-0.05, 0) is 55.5 Å². The molecule has 0 radical (unpaired) electrons. The summed E-state index contributed by atoms with van der Waals surface area (Å²) in [5.74, 6) is 3.91. The van der Waals surface area contributed by atoms with E-state index in [-0.39, 0.29) is 5.75 Å². The molecule has 0 saturated carbocycles. The number of aryl methyl sites for hydroxylation is 1. The van der Waals surface area contributed by atoms with Crippen LogP contribution in [0.5, 0.6) is 5.75 Å². The number of anilines is 1. The quantitative estimate of drug-likeness (QED) is 0.394. The predicted octanol–water partition coefficient (Wildman–Crippen LogP) is 3.06. The molecule has 0 spiro atoms. The summed E-state index contributed by atoms with van der Waals surface area (Å²) in [6, 6.07) is 13.2. The van der Waals surface area contributed by atoms with E-state index in [2.05, 4.69) is 39.4 Å². The molecule has 2 aromatic rings. The lowest BCUT2D eigenvalue weighted by Crippen LogP contribution is -2.31. The number of phenols is 1. The molecule has 0 aromatic heterocycles. The highest BCUT2D eigenvalue weighted by Crippen LogP contribution is 2.20. The Morgan fingerprint density at radius 2 is 1.96 bits per heavy atom. The van der Waals surface area contributed by atoms with Gasteiger partial charge in [0.2, 0.25) is 0 Å². The van der Waals surface area contributed by atoms with Crippen LogP contribution in [0.2, 0.25) is 0 Å². The Labute approximate surface area is 162 Å². The summed E-state index contributed by atoms with van der Waals surface area (Å²) < 4.78 is 15.7. The van der Waals surface area contributed by atoms with Crippen molar-refractivity contribution < 1.29 is 9.32 Å². The van der Waals surface area contributed by atoms with Gasteiger partial charge in [-0.15, -0.1) is 0 Å². The van der Waals surface area contributed by atoms with Crippen LogP contribution < -0.4 is 15.4 Å². The maximum atomic E-state index is 12.7. The summed E-state index contributed by atoms with van der Waals surface area (Å²) in [6.07, 6.45) is 2.97. The van der Waals surface area contributed by atoms with E-state index in [1.165, 1.54) is 11.6 Å². The van der Waals surface area contributed by atoms with Gasteiger partial charge in [-0.25, -0.2) is 8.93 Å². The predicted molar refractivity (Wildman–Crippen MR) is 116 cm³/mol. The number of rotatable bonds is 9. The molecule has 4 N–H and O–H groups in total. The molecule has 2 aromatic carbocycles. The van der Waals surface area contributed by atoms with Crippen LogP contribution in [0.25, 0.3) is 0 Å². The van der Waals surface area contributed by atoms with Gasteiger partial charge in [0.05, 0.1) is 9.71 Å². The number of para-hydroxylation sites is 1. The minimum absolute atomic E-state index is 0.129. The Hall–Kier alpha value is -2.44. The van der Waals surface area contributed by atoms with E-state index in [1.807, 2.05) is 26.1 Å². The first kappa shape index (κ1) is 20.9. The van der Waals surface area contributed by atoms with E-state index in [0.29, 0.717) is 18.0 Å². The van der Waals surface area contributed by atoms with Crippen LogP contribution in [0, 0.1) is 6.92 Å². The van der Waals surface area contributed by atoms with E-state index < -0.39 is 9.71 Å². The van der Waals surface area contributed by atoms with Crippen LogP contribution in [0.4, 0.5) is 5.69 Å². The maximum absolute atomic E-state index is 12.7. The summed E-state index contributed by atoms with van der Waals surface area (Å²) in [6.45, 7) is 4.93. The van der Waals surface area contributed by atoms with E-state index >= 15 is 0 Å². The largest absolute Gasteiger partial charge is 0.508 e. The Morgan fingerprint density at radius 3 is 2.67 bits per heavy atom. The van der Waals surface area contributed by atoms with Gasteiger partial charge in [0, 0.05) is 36.4 Å². The second-order valence-electron chi connectivity index (χ2n) is 6.44. The zero-order chi connectivity index (χ0) is 19.9. The molecule has 1 unspecified atom stereocenters. The van der Waals surface area contributed by atoms with Crippen molar-refractivity contribution in [3.8, 4) is 5.75 Å². The lowest BCUT2D eigenvalue weighted by atomic mass is 10.1.